The number of carbonyl (C=O) groups is 2. The highest BCUT2D eigenvalue weighted by Gasteiger charge is 2.22. The number of amides is 1. The maximum atomic E-state index is 12.4. The summed E-state index contributed by atoms with van der Waals surface area (Å²) in [6.07, 6.45) is 3.21. The van der Waals surface area contributed by atoms with Gasteiger partial charge in [-0.2, -0.15) is 0 Å². The minimum absolute atomic E-state index is 0.279. The van der Waals surface area contributed by atoms with E-state index in [0.29, 0.717) is 10.6 Å². The van der Waals surface area contributed by atoms with E-state index >= 15 is 0 Å². The summed E-state index contributed by atoms with van der Waals surface area (Å²) in [7, 11) is 0. The van der Waals surface area contributed by atoms with Crippen LogP contribution in [0.3, 0.4) is 0 Å². The van der Waals surface area contributed by atoms with Gasteiger partial charge in [-0.1, -0.05) is 12.1 Å². The quantitative estimate of drug-likeness (QED) is 0.456. The summed E-state index contributed by atoms with van der Waals surface area (Å²) in [6.45, 7) is 2.04. The van der Waals surface area contributed by atoms with Crippen molar-refractivity contribution in [3.8, 4) is 10.4 Å². The minimum atomic E-state index is -0.426. The van der Waals surface area contributed by atoms with Gasteiger partial charge in [0.05, 0.1) is 6.61 Å². The van der Waals surface area contributed by atoms with E-state index in [2.05, 4.69) is 5.32 Å². The predicted molar refractivity (Wildman–Crippen MR) is 106 cm³/mol. The lowest BCUT2D eigenvalue weighted by molar-refractivity contribution is -0.111. The van der Waals surface area contributed by atoms with Gasteiger partial charge in [0.1, 0.15) is 10.6 Å². The Kier molecular flexibility index (Phi) is 5.80. The Bertz CT molecular complexity index is 877. The molecular weight excluding hydrogens is 374 g/mol. The highest BCUT2D eigenvalue weighted by atomic mass is 32.1. The average molecular weight is 390 g/mol. The van der Waals surface area contributed by atoms with Crippen molar-refractivity contribution >= 4 is 57.0 Å². The number of hydrogen-bond donors (Lipinski definition) is 1. The van der Waals surface area contributed by atoms with Gasteiger partial charge < -0.3 is 10.1 Å². The van der Waals surface area contributed by atoms with Crippen molar-refractivity contribution in [1.29, 1.82) is 0 Å². The molecule has 4 nitrogen and oxygen atoms in total. The first-order valence-corrected chi connectivity index (χ1v) is 10.2. The van der Waals surface area contributed by atoms with Crippen molar-refractivity contribution in [3.05, 3.63) is 56.9 Å². The molecule has 3 rings (SSSR count). The molecule has 7 heteroatoms. The zero-order valence-electron chi connectivity index (χ0n) is 13.4. The maximum absolute atomic E-state index is 12.4. The van der Waals surface area contributed by atoms with E-state index in [-0.39, 0.29) is 12.5 Å². The van der Waals surface area contributed by atoms with Gasteiger partial charge in [0, 0.05) is 26.8 Å². The van der Waals surface area contributed by atoms with Crippen LogP contribution in [0.15, 0.2) is 46.5 Å². The third-order valence-electron chi connectivity index (χ3n) is 3.24. The molecule has 1 amide bonds. The van der Waals surface area contributed by atoms with Gasteiger partial charge in [0.25, 0.3) is 0 Å². The molecule has 0 fully saturated rings. The molecule has 3 aromatic rings. The number of ether oxygens (including phenoxy) is 1. The number of rotatable bonds is 6. The summed E-state index contributed by atoms with van der Waals surface area (Å²) in [4.78, 5) is 26.5. The molecule has 3 heterocycles. The number of esters is 1. The van der Waals surface area contributed by atoms with Crippen molar-refractivity contribution < 1.29 is 14.3 Å². The number of nitrogens with one attached hydrogen (secondary N) is 1. The Morgan fingerprint density at radius 3 is 2.64 bits per heavy atom. The van der Waals surface area contributed by atoms with Crippen molar-refractivity contribution in [3.63, 3.8) is 0 Å². The molecule has 25 heavy (non-hydrogen) atoms. The molecule has 0 saturated carbocycles. The van der Waals surface area contributed by atoms with E-state index in [1.54, 1.807) is 24.3 Å². The maximum Gasteiger partial charge on any atom is 0.341 e. The fourth-order valence-electron chi connectivity index (χ4n) is 2.17. The first kappa shape index (κ1) is 17.6. The summed E-state index contributed by atoms with van der Waals surface area (Å²) in [5.74, 6) is -0.705. The molecule has 0 aromatic carbocycles. The Labute approximate surface area is 157 Å². The largest absolute Gasteiger partial charge is 0.462 e. The van der Waals surface area contributed by atoms with Gasteiger partial charge in [-0.05, 0) is 35.9 Å². The Balaban J connectivity index is 1.85. The van der Waals surface area contributed by atoms with E-state index in [1.165, 1.54) is 28.7 Å². The lowest BCUT2D eigenvalue weighted by Crippen LogP contribution is -2.12. The molecular formula is C18H15NO3S3. The molecule has 0 radical (unpaired) electrons. The number of hydrogen-bond acceptors (Lipinski definition) is 6. The van der Waals surface area contributed by atoms with Crippen molar-refractivity contribution in [1.82, 2.24) is 0 Å². The molecule has 0 aliphatic heterocycles. The molecule has 0 unspecified atom stereocenters. The van der Waals surface area contributed by atoms with Crippen molar-refractivity contribution in [2.24, 2.45) is 0 Å². The zero-order valence-corrected chi connectivity index (χ0v) is 15.8. The van der Waals surface area contributed by atoms with Crippen molar-refractivity contribution in [2.45, 2.75) is 6.92 Å². The van der Waals surface area contributed by atoms with E-state index in [1.807, 2.05) is 40.4 Å². The van der Waals surface area contributed by atoms with Crippen LogP contribution in [0.4, 0.5) is 5.00 Å². The number of thiophene rings is 3. The normalized spacial score (nSPS) is 10.9. The summed E-state index contributed by atoms with van der Waals surface area (Å²) < 4.78 is 5.17. The second kappa shape index (κ2) is 8.24. The minimum Gasteiger partial charge on any atom is -0.462 e. The molecule has 0 bridgehead atoms. The molecule has 0 atom stereocenters. The molecule has 3 aromatic heterocycles. The zero-order chi connectivity index (χ0) is 17.6. The first-order valence-electron chi connectivity index (χ1n) is 7.54. The molecule has 0 spiro atoms. The van der Waals surface area contributed by atoms with Gasteiger partial charge in [0.15, 0.2) is 0 Å². The van der Waals surface area contributed by atoms with Crippen LogP contribution in [0.1, 0.15) is 22.2 Å². The van der Waals surface area contributed by atoms with E-state index in [4.69, 9.17) is 4.74 Å². The molecule has 0 aliphatic carbocycles. The smallest absolute Gasteiger partial charge is 0.341 e. The fourth-order valence-corrected chi connectivity index (χ4v) is 4.56. The average Bonchev–Trinajstić information content (AvgIpc) is 3.34. The topological polar surface area (TPSA) is 55.4 Å². The SMILES string of the molecule is CCOC(=O)c1c(-c2cccs2)csc1NC(=O)/C=C/c1cccs1. The van der Waals surface area contributed by atoms with Crippen molar-refractivity contribution in [2.75, 3.05) is 11.9 Å². The lowest BCUT2D eigenvalue weighted by atomic mass is 10.1. The Morgan fingerprint density at radius 1 is 1.16 bits per heavy atom. The second-order valence-corrected chi connectivity index (χ2v) is 7.70. The Hall–Kier alpha value is -2.22. The van der Waals surface area contributed by atoms with Crippen LogP contribution in [0.25, 0.3) is 16.5 Å². The van der Waals surface area contributed by atoms with Gasteiger partial charge in [-0.25, -0.2) is 4.79 Å². The third kappa shape index (κ3) is 4.25. The van der Waals surface area contributed by atoms with Crippen LogP contribution in [0.2, 0.25) is 0 Å². The van der Waals surface area contributed by atoms with Gasteiger partial charge >= 0.3 is 5.97 Å². The van der Waals surface area contributed by atoms with E-state index < -0.39 is 5.97 Å². The predicted octanol–water partition coefficient (Wildman–Crippen LogP) is 5.37. The Morgan fingerprint density at radius 2 is 1.96 bits per heavy atom. The summed E-state index contributed by atoms with van der Waals surface area (Å²) >= 11 is 4.41. The summed E-state index contributed by atoms with van der Waals surface area (Å²) in [5, 5.41) is 9.07. The number of carbonyl (C=O) groups excluding carboxylic acids is 2. The monoisotopic (exact) mass is 389 g/mol. The van der Waals surface area contributed by atoms with Crippen LogP contribution in [-0.4, -0.2) is 18.5 Å². The highest BCUT2D eigenvalue weighted by molar-refractivity contribution is 7.17. The van der Waals surface area contributed by atoms with Crippen LogP contribution < -0.4 is 5.32 Å². The van der Waals surface area contributed by atoms with Crippen LogP contribution in [-0.2, 0) is 9.53 Å². The van der Waals surface area contributed by atoms with E-state index in [0.717, 1.165) is 15.3 Å². The van der Waals surface area contributed by atoms with Gasteiger partial charge in [0.2, 0.25) is 5.91 Å². The molecule has 1 N–H and O–H groups in total. The lowest BCUT2D eigenvalue weighted by Gasteiger charge is -2.06. The van der Waals surface area contributed by atoms with Gasteiger partial charge in [-0.15, -0.1) is 34.0 Å². The standard InChI is InChI=1S/C18H15NO3S3/c1-2-22-18(21)16-13(14-6-4-10-24-14)11-25-17(16)19-15(20)8-7-12-5-3-9-23-12/h3-11H,2H2,1H3,(H,19,20)/b8-7+. The fraction of sp³-hybridized carbons (Fsp3) is 0.111. The van der Waals surface area contributed by atoms with Crippen LogP contribution >= 0.6 is 34.0 Å². The third-order valence-corrected chi connectivity index (χ3v) is 5.87. The number of anilines is 1. The molecule has 0 aliphatic rings. The van der Waals surface area contributed by atoms with E-state index in [9.17, 15) is 9.59 Å². The van der Waals surface area contributed by atoms with Crippen LogP contribution in [0.5, 0.6) is 0 Å². The van der Waals surface area contributed by atoms with Gasteiger partial charge in [-0.3, -0.25) is 4.79 Å². The van der Waals surface area contributed by atoms with Crippen LogP contribution in [0, 0.1) is 0 Å². The summed E-state index contributed by atoms with van der Waals surface area (Å²) in [6, 6.07) is 7.72. The summed E-state index contributed by atoms with van der Waals surface area (Å²) in [5.41, 5.74) is 1.20. The highest BCUT2D eigenvalue weighted by Crippen LogP contribution is 2.38. The molecule has 0 saturated heterocycles. The molecule has 128 valence electrons. The first-order chi connectivity index (χ1) is 12.2. The second-order valence-electron chi connectivity index (χ2n) is 4.89.